The number of anilines is 3. The highest BCUT2D eigenvalue weighted by molar-refractivity contribution is 6.06. The fraction of sp³-hybridized carbons (Fsp3) is 0.208. The molecule has 5 rings (SSSR count). The lowest BCUT2D eigenvalue weighted by Gasteiger charge is -2.33. The number of esters is 1. The number of amides is 2. The number of rotatable bonds is 4. The average Bonchev–Trinajstić information content (AvgIpc) is 3.28. The van der Waals surface area contributed by atoms with Crippen molar-refractivity contribution in [1.29, 1.82) is 0 Å². The number of benzene rings is 3. The molecule has 0 aliphatic carbocycles. The zero-order valence-electron chi connectivity index (χ0n) is 16.8. The van der Waals surface area contributed by atoms with Crippen LogP contribution < -0.4 is 15.5 Å². The van der Waals surface area contributed by atoms with Gasteiger partial charge in [0.25, 0.3) is 5.91 Å². The van der Waals surface area contributed by atoms with E-state index in [9.17, 15) is 14.4 Å². The molecule has 156 valence electrons. The molecule has 0 spiro atoms. The summed E-state index contributed by atoms with van der Waals surface area (Å²) in [7, 11) is 0. The lowest BCUT2D eigenvalue weighted by molar-refractivity contribution is -0.119. The molecule has 3 aromatic rings. The van der Waals surface area contributed by atoms with Crippen LogP contribution in [0.3, 0.4) is 0 Å². The highest BCUT2D eigenvalue weighted by Crippen LogP contribution is 2.37. The van der Waals surface area contributed by atoms with E-state index in [-0.39, 0.29) is 17.5 Å². The molecule has 2 heterocycles. The van der Waals surface area contributed by atoms with E-state index in [0.717, 1.165) is 35.8 Å². The Morgan fingerprint density at radius 3 is 2.84 bits per heavy atom. The molecule has 0 saturated carbocycles. The van der Waals surface area contributed by atoms with Gasteiger partial charge in [-0.05, 0) is 42.5 Å². The molecule has 1 atom stereocenters. The van der Waals surface area contributed by atoms with Gasteiger partial charge in [-0.15, -0.1) is 0 Å². The molecule has 2 N–H and O–H groups in total. The second kappa shape index (κ2) is 7.75. The summed E-state index contributed by atoms with van der Waals surface area (Å²) < 4.78 is 5.20. The molecular formula is C24H21N3O4. The smallest absolute Gasteiger partial charge is 0.338 e. The Bertz CT molecular complexity index is 1200. The van der Waals surface area contributed by atoms with E-state index in [2.05, 4.69) is 15.5 Å². The molecule has 7 nitrogen and oxygen atoms in total. The summed E-state index contributed by atoms with van der Waals surface area (Å²) in [5.41, 5.74) is 2.45. The first-order chi connectivity index (χ1) is 15.1. The van der Waals surface area contributed by atoms with E-state index in [1.807, 2.05) is 42.5 Å². The zero-order chi connectivity index (χ0) is 21.4. The van der Waals surface area contributed by atoms with E-state index in [4.69, 9.17) is 4.74 Å². The lowest BCUT2D eigenvalue weighted by Crippen LogP contribution is -2.43. The first-order valence-corrected chi connectivity index (χ1v) is 10.3. The highest BCUT2D eigenvalue weighted by atomic mass is 16.5. The maximum Gasteiger partial charge on any atom is 0.338 e. The van der Waals surface area contributed by atoms with Crippen LogP contribution >= 0.6 is 0 Å². The van der Waals surface area contributed by atoms with Gasteiger partial charge in [0, 0.05) is 17.6 Å². The number of ether oxygens (including phenoxy) is 1. The number of fused-ring (bicyclic) bond motifs is 4. The van der Waals surface area contributed by atoms with Crippen LogP contribution in [0, 0.1) is 0 Å². The van der Waals surface area contributed by atoms with Crippen molar-refractivity contribution in [3.05, 3.63) is 66.2 Å². The minimum atomic E-state index is -0.617. The fourth-order valence-corrected chi connectivity index (χ4v) is 4.29. The molecule has 0 aromatic heterocycles. The van der Waals surface area contributed by atoms with Crippen LogP contribution in [0.15, 0.2) is 60.7 Å². The second-order valence-electron chi connectivity index (χ2n) is 7.72. The number of nitrogens with one attached hydrogen (secondary N) is 2. The Labute approximate surface area is 179 Å². The third-order valence-electron chi connectivity index (χ3n) is 5.75. The van der Waals surface area contributed by atoms with Gasteiger partial charge in [0.1, 0.15) is 6.04 Å². The van der Waals surface area contributed by atoms with Crippen molar-refractivity contribution in [1.82, 2.24) is 0 Å². The van der Waals surface area contributed by atoms with Crippen molar-refractivity contribution < 1.29 is 19.1 Å². The molecule has 0 radical (unpaired) electrons. The van der Waals surface area contributed by atoms with Gasteiger partial charge in [0.15, 0.2) is 6.61 Å². The standard InChI is InChI=1S/C24H21N3O4/c28-22(25-18-8-3-6-15-5-1-2-7-17(15)18)14-31-24(30)16-10-11-20-19(13-16)26-23(29)21-9-4-12-27(20)21/h1-3,5-8,10-11,13,21H,4,9,12,14H2,(H,25,28)(H,26,29)/t21-/m0/s1. The van der Waals surface area contributed by atoms with Crippen LogP contribution in [0.1, 0.15) is 23.2 Å². The molecule has 0 bridgehead atoms. The van der Waals surface area contributed by atoms with Crippen LogP contribution in [0.4, 0.5) is 17.1 Å². The van der Waals surface area contributed by atoms with E-state index in [0.29, 0.717) is 11.4 Å². The number of carbonyl (C=O) groups is 3. The molecule has 7 heteroatoms. The predicted octanol–water partition coefficient (Wildman–Crippen LogP) is 3.56. The largest absolute Gasteiger partial charge is 0.452 e. The molecule has 2 aliphatic heterocycles. The molecule has 3 aromatic carbocycles. The quantitative estimate of drug-likeness (QED) is 0.637. The van der Waals surface area contributed by atoms with Crippen molar-refractivity contribution in [3.8, 4) is 0 Å². The van der Waals surface area contributed by atoms with Gasteiger partial charge in [-0.2, -0.15) is 0 Å². The Hall–Kier alpha value is -3.87. The van der Waals surface area contributed by atoms with E-state index >= 15 is 0 Å². The first-order valence-electron chi connectivity index (χ1n) is 10.3. The lowest BCUT2D eigenvalue weighted by atomic mass is 10.1. The maximum absolute atomic E-state index is 12.5. The molecule has 1 fully saturated rings. The summed E-state index contributed by atoms with van der Waals surface area (Å²) in [5, 5.41) is 7.59. The summed E-state index contributed by atoms with van der Waals surface area (Å²) >= 11 is 0. The zero-order valence-corrected chi connectivity index (χ0v) is 16.8. The maximum atomic E-state index is 12.5. The normalized spacial score (nSPS) is 17.0. The molecular weight excluding hydrogens is 394 g/mol. The van der Waals surface area contributed by atoms with Gasteiger partial charge in [0.2, 0.25) is 5.91 Å². The number of nitrogens with zero attached hydrogens (tertiary/aromatic N) is 1. The summed E-state index contributed by atoms with van der Waals surface area (Å²) in [6, 6.07) is 18.3. The molecule has 2 amide bonds. The minimum absolute atomic E-state index is 0.0509. The van der Waals surface area contributed by atoms with Crippen molar-refractivity contribution in [2.45, 2.75) is 18.9 Å². The summed E-state index contributed by atoms with van der Waals surface area (Å²) in [6.07, 6.45) is 1.80. The minimum Gasteiger partial charge on any atom is -0.452 e. The first kappa shape index (κ1) is 19.1. The van der Waals surface area contributed by atoms with Crippen molar-refractivity contribution in [2.75, 3.05) is 28.7 Å². The molecule has 31 heavy (non-hydrogen) atoms. The Balaban J connectivity index is 1.25. The third kappa shape index (κ3) is 3.59. The molecule has 2 aliphatic rings. The van der Waals surface area contributed by atoms with Gasteiger partial charge >= 0.3 is 5.97 Å². The number of carbonyl (C=O) groups excluding carboxylic acids is 3. The summed E-state index contributed by atoms with van der Waals surface area (Å²) in [4.78, 5) is 39.2. The monoisotopic (exact) mass is 415 g/mol. The predicted molar refractivity (Wildman–Crippen MR) is 118 cm³/mol. The van der Waals surface area contributed by atoms with Crippen LogP contribution in [-0.2, 0) is 14.3 Å². The van der Waals surface area contributed by atoms with Gasteiger partial charge in [0.05, 0.1) is 16.9 Å². The van der Waals surface area contributed by atoms with Crippen LogP contribution in [0.2, 0.25) is 0 Å². The van der Waals surface area contributed by atoms with Crippen LogP contribution in [0.25, 0.3) is 10.8 Å². The summed E-state index contributed by atoms with van der Waals surface area (Å²) in [5.74, 6) is -1.09. The fourth-order valence-electron chi connectivity index (χ4n) is 4.29. The Morgan fingerprint density at radius 1 is 1.10 bits per heavy atom. The van der Waals surface area contributed by atoms with Crippen molar-refractivity contribution in [2.24, 2.45) is 0 Å². The topological polar surface area (TPSA) is 87.7 Å². The molecule has 0 unspecified atom stereocenters. The van der Waals surface area contributed by atoms with Gasteiger partial charge in [-0.3, -0.25) is 9.59 Å². The highest BCUT2D eigenvalue weighted by Gasteiger charge is 2.36. The SMILES string of the molecule is O=C(COC(=O)c1ccc2c(c1)NC(=O)[C@@H]1CCCN21)Nc1cccc2ccccc12. The van der Waals surface area contributed by atoms with E-state index in [1.54, 1.807) is 18.2 Å². The Morgan fingerprint density at radius 2 is 1.94 bits per heavy atom. The van der Waals surface area contributed by atoms with Gasteiger partial charge in [-0.1, -0.05) is 36.4 Å². The molecule has 1 saturated heterocycles. The third-order valence-corrected chi connectivity index (χ3v) is 5.75. The van der Waals surface area contributed by atoms with E-state index < -0.39 is 18.5 Å². The summed E-state index contributed by atoms with van der Waals surface area (Å²) in [6.45, 7) is 0.420. The second-order valence-corrected chi connectivity index (χ2v) is 7.72. The van der Waals surface area contributed by atoms with Gasteiger partial charge in [-0.25, -0.2) is 4.79 Å². The van der Waals surface area contributed by atoms with E-state index in [1.165, 1.54) is 0 Å². The number of hydrogen-bond acceptors (Lipinski definition) is 5. The van der Waals surface area contributed by atoms with Crippen molar-refractivity contribution in [3.63, 3.8) is 0 Å². The average molecular weight is 415 g/mol. The van der Waals surface area contributed by atoms with Crippen LogP contribution in [0.5, 0.6) is 0 Å². The van der Waals surface area contributed by atoms with Crippen molar-refractivity contribution >= 4 is 45.6 Å². The van der Waals surface area contributed by atoms with Crippen LogP contribution in [-0.4, -0.2) is 37.0 Å². The Kier molecular flexibility index (Phi) is 4.78. The number of hydrogen-bond donors (Lipinski definition) is 2. The van der Waals surface area contributed by atoms with Gasteiger partial charge < -0.3 is 20.3 Å².